The maximum atomic E-state index is 13.2. The molecule has 0 unspecified atom stereocenters. The number of hydrogen-bond acceptors (Lipinski definition) is 3. The molecule has 0 radical (unpaired) electrons. The fourth-order valence-corrected chi connectivity index (χ4v) is 5.15. The van der Waals surface area contributed by atoms with Gasteiger partial charge in [0.25, 0.3) is 0 Å². The summed E-state index contributed by atoms with van der Waals surface area (Å²) in [6.07, 6.45) is 6.19. The number of benzene rings is 1. The highest BCUT2D eigenvalue weighted by Gasteiger charge is 2.38. The molecule has 2 aliphatic rings. The maximum absolute atomic E-state index is 13.2. The Morgan fingerprint density at radius 3 is 2.59 bits per heavy atom. The number of aromatic nitrogens is 1. The van der Waals surface area contributed by atoms with E-state index in [2.05, 4.69) is 24.0 Å². The summed E-state index contributed by atoms with van der Waals surface area (Å²) in [7, 11) is 0. The van der Waals surface area contributed by atoms with E-state index in [4.69, 9.17) is 0 Å². The highest BCUT2D eigenvalue weighted by molar-refractivity contribution is 6.03. The van der Waals surface area contributed by atoms with Gasteiger partial charge in [-0.15, -0.1) is 0 Å². The van der Waals surface area contributed by atoms with Gasteiger partial charge >= 0.3 is 0 Å². The van der Waals surface area contributed by atoms with Gasteiger partial charge in [0, 0.05) is 44.2 Å². The molecular weight excluding hydrogens is 362 g/mol. The molecule has 2 aromatic rings. The van der Waals surface area contributed by atoms with Crippen LogP contribution in [0.2, 0.25) is 0 Å². The van der Waals surface area contributed by atoms with Crippen molar-refractivity contribution in [3.05, 3.63) is 41.6 Å². The van der Waals surface area contributed by atoms with Crippen molar-refractivity contribution in [2.24, 2.45) is 5.92 Å². The Balaban J connectivity index is 1.85. The third-order valence-corrected chi connectivity index (χ3v) is 6.49. The fraction of sp³-hybridized carbons (Fsp3) is 0.500. The number of hydrogen-bond donors (Lipinski definition) is 0. The number of nitrogens with zero attached hydrogens (tertiary/aromatic N) is 3. The fourth-order valence-electron chi connectivity index (χ4n) is 5.15. The van der Waals surface area contributed by atoms with Crippen LogP contribution < -0.4 is 0 Å². The summed E-state index contributed by atoms with van der Waals surface area (Å²) in [5.41, 5.74) is 4.66. The van der Waals surface area contributed by atoms with Crippen LogP contribution in [0, 0.1) is 5.92 Å². The minimum Gasteiger partial charge on any atom is -0.343 e. The molecule has 1 aromatic carbocycles. The number of fused-ring (bicyclic) bond motifs is 2. The number of carbonyl (C=O) groups is 2. The van der Waals surface area contributed by atoms with Gasteiger partial charge in [-0.1, -0.05) is 25.1 Å². The Morgan fingerprint density at radius 2 is 1.93 bits per heavy atom. The van der Waals surface area contributed by atoms with Gasteiger partial charge in [0.05, 0.1) is 11.4 Å². The summed E-state index contributed by atoms with van der Waals surface area (Å²) < 4.78 is 1.77. The zero-order valence-corrected chi connectivity index (χ0v) is 17.9. The van der Waals surface area contributed by atoms with Crippen LogP contribution in [-0.4, -0.2) is 58.4 Å². The molecule has 1 aliphatic carbocycles. The van der Waals surface area contributed by atoms with E-state index in [0.29, 0.717) is 0 Å². The molecule has 1 aromatic heterocycles. The van der Waals surface area contributed by atoms with Crippen molar-refractivity contribution < 1.29 is 9.59 Å². The quantitative estimate of drug-likeness (QED) is 0.776. The Morgan fingerprint density at radius 1 is 1.17 bits per heavy atom. The monoisotopic (exact) mass is 393 g/mol. The number of amides is 1. The lowest BCUT2D eigenvalue weighted by atomic mass is 9.79. The van der Waals surface area contributed by atoms with Gasteiger partial charge in [0.15, 0.2) is 0 Å². The smallest absolute Gasteiger partial charge is 0.230 e. The molecule has 154 valence electrons. The average molecular weight is 394 g/mol. The summed E-state index contributed by atoms with van der Waals surface area (Å²) in [5, 5.41) is 1.18. The number of rotatable bonds is 5. The summed E-state index contributed by atoms with van der Waals surface area (Å²) in [5.74, 6) is 0.151. The van der Waals surface area contributed by atoms with Crippen molar-refractivity contribution in [1.82, 2.24) is 14.4 Å². The van der Waals surface area contributed by atoms with E-state index >= 15 is 0 Å². The zero-order valence-electron chi connectivity index (χ0n) is 17.9. The van der Waals surface area contributed by atoms with E-state index in [0.717, 1.165) is 44.5 Å². The van der Waals surface area contributed by atoms with E-state index < -0.39 is 0 Å². The van der Waals surface area contributed by atoms with Crippen LogP contribution in [0.5, 0.6) is 0 Å². The predicted octanol–water partition coefficient (Wildman–Crippen LogP) is 3.82. The first-order valence-corrected chi connectivity index (χ1v) is 10.9. The predicted molar refractivity (Wildman–Crippen MR) is 117 cm³/mol. The maximum Gasteiger partial charge on any atom is 0.230 e. The molecule has 0 fully saturated rings. The molecule has 0 bridgehead atoms. The van der Waals surface area contributed by atoms with Crippen LogP contribution in [-0.2, 0) is 11.2 Å². The van der Waals surface area contributed by atoms with E-state index in [-0.39, 0.29) is 23.8 Å². The lowest BCUT2D eigenvalue weighted by Crippen LogP contribution is -2.49. The van der Waals surface area contributed by atoms with Gasteiger partial charge in [-0.25, -0.2) is 0 Å². The highest BCUT2D eigenvalue weighted by Crippen LogP contribution is 2.42. The molecule has 0 saturated carbocycles. The molecule has 4 rings (SSSR count). The second-order valence-corrected chi connectivity index (χ2v) is 8.20. The molecule has 1 amide bonds. The minimum absolute atomic E-state index is 0.0391. The third-order valence-electron chi connectivity index (χ3n) is 6.49. The van der Waals surface area contributed by atoms with Gasteiger partial charge < -0.3 is 4.90 Å². The van der Waals surface area contributed by atoms with Gasteiger partial charge in [0.1, 0.15) is 0 Å². The summed E-state index contributed by atoms with van der Waals surface area (Å²) in [6.45, 7) is 11.1. The van der Waals surface area contributed by atoms with Crippen LogP contribution in [0.4, 0.5) is 0 Å². The van der Waals surface area contributed by atoms with Gasteiger partial charge in [-0.05, 0) is 56.0 Å². The third kappa shape index (κ3) is 3.21. The minimum atomic E-state index is -0.112. The highest BCUT2D eigenvalue weighted by atomic mass is 16.2. The molecule has 0 N–H and O–H groups in total. The zero-order chi connectivity index (χ0) is 20.7. The first-order chi connectivity index (χ1) is 14.0. The average Bonchev–Trinajstić information content (AvgIpc) is 3.10. The first kappa shape index (κ1) is 19.9. The molecule has 2 atom stereocenters. The van der Waals surface area contributed by atoms with Crippen molar-refractivity contribution >= 4 is 28.3 Å². The van der Waals surface area contributed by atoms with Crippen LogP contribution >= 0.6 is 0 Å². The summed E-state index contributed by atoms with van der Waals surface area (Å²) in [4.78, 5) is 29.8. The van der Waals surface area contributed by atoms with E-state index in [1.807, 2.05) is 37.1 Å². The normalized spacial score (nSPS) is 21.0. The second kappa shape index (κ2) is 7.79. The molecule has 0 spiro atoms. The van der Waals surface area contributed by atoms with Crippen LogP contribution in [0.3, 0.4) is 0 Å². The Kier molecular flexibility index (Phi) is 5.34. The van der Waals surface area contributed by atoms with Gasteiger partial charge in [-0.3, -0.25) is 19.1 Å². The first-order valence-electron chi connectivity index (χ1n) is 10.9. The van der Waals surface area contributed by atoms with Crippen LogP contribution in [0.1, 0.15) is 50.0 Å². The number of carbonyl (C=O) groups excluding carboxylic acids is 2. The Hall–Kier alpha value is -2.40. The van der Waals surface area contributed by atoms with Crippen molar-refractivity contribution in [3.63, 3.8) is 0 Å². The van der Waals surface area contributed by atoms with Gasteiger partial charge in [0.2, 0.25) is 11.8 Å². The van der Waals surface area contributed by atoms with Crippen LogP contribution in [0.15, 0.2) is 30.5 Å². The molecule has 29 heavy (non-hydrogen) atoms. The SMILES string of the molecule is CCCN1C[C@H](C(=O)N(CC)CC)C=C2c3cccc4c3c(cn4C(C)=O)C[C@H]21. The second-order valence-electron chi connectivity index (χ2n) is 8.20. The lowest BCUT2D eigenvalue weighted by Gasteiger charge is -2.42. The molecular formula is C24H31N3O2. The largest absolute Gasteiger partial charge is 0.343 e. The molecule has 5 heteroatoms. The molecule has 0 saturated heterocycles. The summed E-state index contributed by atoms with van der Waals surface area (Å²) in [6, 6.07) is 6.49. The van der Waals surface area contributed by atoms with Crippen molar-refractivity contribution in [3.8, 4) is 0 Å². The standard InChI is InChI=1S/C24H31N3O2/c1-5-11-26-14-18(24(29)25(6-2)7-3)12-20-19-9-8-10-21-23(19)17(13-22(20)26)15-27(21)16(4)28/h8-10,12,15,18,22H,5-7,11,13-14H2,1-4H3/t18-,22-/m1/s1. The van der Waals surface area contributed by atoms with E-state index in [1.165, 1.54) is 22.1 Å². The lowest BCUT2D eigenvalue weighted by molar-refractivity contribution is -0.134. The summed E-state index contributed by atoms with van der Waals surface area (Å²) >= 11 is 0. The Labute approximate surface area is 173 Å². The topological polar surface area (TPSA) is 45.6 Å². The van der Waals surface area contributed by atoms with Crippen molar-refractivity contribution in [2.75, 3.05) is 26.2 Å². The Bertz CT molecular complexity index is 983. The van der Waals surface area contributed by atoms with Crippen molar-refractivity contribution in [1.29, 1.82) is 0 Å². The molecule has 2 heterocycles. The van der Waals surface area contributed by atoms with Crippen LogP contribution in [0.25, 0.3) is 16.5 Å². The molecule has 1 aliphatic heterocycles. The van der Waals surface area contributed by atoms with Gasteiger partial charge in [-0.2, -0.15) is 0 Å². The molecule has 5 nitrogen and oxygen atoms in total. The van der Waals surface area contributed by atoms with E-state index in [9.17, 15) is 9.59 Å². The van der Waals surface area contributed by atoms with Crippen molar-refractivity contribution in [2.45, 2.75) is 46.6 Å². The van der Waals surface area contributed by atoms with E-state index in [1.54, 1.807) is 11.5 Å².